The van der Waals surface area contributed by atoms with E-state index in [1.807, 2.05) is 13.0 Å². The van der Waals surface area contributed by atoms with Crippen LogP contribution in [0.25, 0.3) is 11.0 Å². The van der Waals surface area contributed by atoms with Crippen LogP contribution in [0.1, 0.15) is 37.9 Å². The van der Waals surface area contributed by atoms with Gasteiger partial charge in [0.2, 0.25) is 0 Å². The van der Waals surface area contributed by atoms with Crippen LogP contribution in [-0.2, 0) is 10.3 Å². The molecule has 3 rings (SSSR count). The average molecular weight is 348 g/mol. The number of benzene rings is 1. The Morgan fingerprint density at radius 3 is 2.67 bits per heavy atom. The molecule has 0 bridgehead atoms. The maximum absolute atomic E-state index is 6.35. The van der Waals surface area contributed by atoms with Crippen molar-refractivity contribution in [1.29, 1.82) is 0 Å². The number of halogens is 3. The molecule has 0 saturated carbocycles. The molecule has 1 aromatic carbocycles. The Kier molecular flexibility index (Phi) is 4.12. The molecule has 1 aliphatic rings. The van der Waals surface area contributed by atoms with Gasteiger partial charge in [0.05, 0.1) is 38.6 Å². The predicted octanol–water partition coefficient (Wildman–Crippen LogP) is 5.17. The first kappa shape index (κ1) is 15.4. The largest absolute Gasteiger partial charge is 0.379 e. The zero-order chi connectivity index (χ0) is 15.2. The number of aromatic nitrogens is 2. The Bertz CT molecular complexity index is 675. The van der Waals surface area contributed by atoms with Crippen LogP contribution in [0, 0.1) is 0 Å². The SMILES string of the molecule is CC(Cl)c1nc2cc(Cl)c(Cl)cc2n1C1(C)CCCOC1. The molecule has 3 nitrogen and oxygen atoms in total. The normalized spacial score (nSPS) is 24.4. The molecular weight excluding hydrogens is 331 g/mol. The molecule has 2 aromatic rings. The van der Waals surface area contributed by atoms with E-state index in [0.717, 1.165) is 36.3 Å². The molecule has 0 spiro atoms. The summed E-state index contributed by atoms with van der Waals surface area (Å²) in [5.74, 6) is 0.831. The van der Waals surface area contributed by atoms with Crippen LogP contribution in [-0.4, -0.2) is 22.8 Å². The smallest absolute Gasteiger partial charge is 0.128 e. The van der Waals surface area contributed by atoms with Crippen LogP contribution < -0.4 is 0 Å². The van der Waals surface area contributed by atoms with E-state index in [-0.39, 0.29) is 10.9 Å². The van der Waals surface area contributed by atoms with Gasteiger partial charge in [-0.05, 0) is 38.8 Å². The van der Waals surface area contributed by atoms with E-state index in [0.29, 0.717) is 16.7 Å². The standard InChI is InChI=1S/C15H17Cl3N2O/c1-9(16)14-19-12-6-10(17)11(18)7-13(12)20(14)15(2)4-3-5-21-8-15/h6-7,9H,3-5,8H2,1-2H3. The van der Waals surface area contributed by atoms with Gasteiger partial charge in [-0.1, -0.05) is 23.2 Å². The number of imidazole rings is 1. The van der Waals surface area contributed by atoms with Crippen LogP contribution in [0.2, 0.25) is 10.0 Å². The lowest BCUT2D eigenvalue weighted by Gasteiger charge is -2.37. The Labute approximate surface area is 139 Å². The van der Waals surface area contributed by atoms with Crippen molar-refractivity contribution in [2.45, 2.75) is 37.6 Å². The number of nitrogens with zero attached hydrogens (tertiary/aromatic N) is 2. The third kappa shape index (κ3) is 2.65. The summed E-state index contributed by atoms with van der Waals surface area (Å²) in [5, 5.41) is 0.834. The highest BCUT2D eigenvalue weighted by Gasteiger charge is 2.34. The van der Waals surface area contributed by atoms with Gasteiger partial charge in [-0.15, -0.1) is 11.6 Å². The summed E-state index contributed by atoms with van der Waals surface area (Å²) in [6.45, 7) is 5.56. The molecule has 1 aliphatic heterocycles. The van der Waals surface area contributed by atoms with Crippen molar-refractivity contribution in [3.8, 4) is 0 Å². The number of fused-ring (bicyclic) bond motifs is 1. The van der Waals surface area contributed by atoms with Gasteiger partial charge >= 0.3 is 0 Å². The minimum absolute atomic E-state index is 0.164. The fourth-order valence-corrected chi connectivity index (χ4v) is 3.48. The molecule has 2 unspecified atom stereocenters. The molecule has 0 amide bonds. The second kappa shape index (κ2) is 5.62. The highest BCUT2D eigenvalue weighted by Crippen LogP contribution is 2.38. The molecular formula is C15H17Cl3N2O. The molecule has 0 aliphatic carbocycles. The Morgan fingerprint density at radius 1 is 1.33 bits per heavy atom. The van der Waals surface area contributed by atoms with E-state index in [2.05, 4.69) is 16.5 Å². The van der Waals surface area contributed by atoms with Gasteiger partial charge in [-0.3, -0.25) is 0 Å². The number of hydrogen-bond donors (Lipinski definition) is 0. The molecule has 2 heterocycles. The molecule has 1 aromatic heterocycles. The van der Waals surface area contributed by atoms with Crippen molar-refractivity contribution < 1.29 is 4.74 Å². The van der Waals surface area contributed by atoms with Crippen LogP contribution in [0.5, 0.6) is 0 Å². The van der Waals surface area contributed by atoms with Gasteiger partial charge < -0.3 is 9.30 Å². The van der Waals surface area contributed by atoms with Crippen LogP contribution in [0.4, 0.5) is 0 Å². The van der Waals surface area contributed by atoms with Gasteiger partial charge in [-0.25, -0.2) is 4.98 Å². The summed E-state index contributed by atoms with van der Waals surface area (Å²) in [6.07, 6.45) is 2.04. The second-order valence-corrected chi connectivity index (χ2v) is 7.30. The van der Waals surface area contributed by atoms with Gasteiger partial charge in [0, 0.05) is 6.61 Å². The molecule has 0 radical (unpaired) electrons. The van der Waals surface area contributed by atoms with Gasteiger partial charge in [-0.2, -0.15) is 0 Å². The van der Waals surface area contributed by atoms with Gasteiger partial charge in [0.15, 0.2) is 0 Å². The topological polar surface area (TPSA) is 27.1 Å². The van der Waals surface area contributed by atoms with Crippen molar-refractivity contribution in [1.82, 2.24) is 9.55 Å². The van der Waals surface area contributed by atoms with Crippen molar-refractivity contribution in [3.05, 3.63) is 28.0 Å². The highest BCUT2D eigenvalue weighted by atomic mass is 35.5. The van der Waals surface area contributed by atoms with E-state index in [4.69, 9.17) is 39.5 Å². The van der Waals surface area contributed by atoms with Crippen molar-refractivity contribution in [2.24, 2.45) is 0 Å². The highest BCUT2D eigenvalue weighted by molar-refractivity contribution is 6.42. The summed E-state index contributed by atoms with van der Waals surface area (Å²) in [5.41, 5.74) is 1.61. The van der Waals surface area contributed by atoms with Crippen molar-refractivity contribution in [2.75, 3.05) is 13.2 Å². The number of alkyl halides is 1. The third-order valence-electron chi connectivity index (χ3n) is 4.04. The zero-order valence-electron chi connectivity index (χ0n) is 12.0. The van der Waals surface area contributed by atoms with Crippen LogP contribution in [0.15, 0.2) is 12.1 Å². The van der Waals surface area contributed by atoms with E-state index in [1.165, 1.54) is 0 Å². The van der Waals surface area contributed by atoms with Crippen LogP contribution in [0.3, 0.4) is 0 Å². The molecule has 0 N–H and O–H groups in total. The molecule has 114 valence electrons. The maximum atomic E-state index is 6.35. The monoisotopic (exact) mass is 346 g/mol. The van der Waals surface area contributed by atoms with E-state index < -0.39 is 0 Å². The Hall–Kier alpha value is -0.480. The first-order valence-corrected chi connectivity index (χ1v) is 8.21. The molecule has 6 heteroatoms. The van der Waals surface area contributed by atoms with E-state index in [9.17, 15) is 0 Å². The summed E-state index contributed by atoms with van der Waals surface area (Å²) in [6, 6.07) is 3.67. The minimum Gasteiger partial charge on any atom is -0.379 e. The Morgan fingerprint density at radius 2 is 2.05 bits per heavy atom. The van der Waals surface area contributed by atoms with Crippen molar-refractivity contribution >= 4 is 45.8 Å². The molecule has 21 heavy (non-hydrogen) atoms. The fourth-order valence-electron chi connectivity index (χ4n) is 3.02. The average Bonchev–Trinajstić information content (AvgIpc) is 2.79. The van der Waals surface area contributed by atoms with Gasteiger partial charge in [0.1, 0.15) is 5.82 Å². The third-order valence-corrected chi connectivity index (χ3v) is 4.95. The van der Waals surface area contributed by atoms with Crippen LogP contribution >= 0.6 is 34.8 Å². The van der Waals surface area contributed by atoms with E-state index in [1.54, 1.807) is 6.07 Å². The lowest BCUT2D eigenvalue weighted by molar-refractivity contribution is 0.0101. The summed E-state index contributed by atoms with van der Waals surface area (Å²) in [4.78, 5) is 4.67. The predicted molar refractivity (Wildman–Crippen MR) is 87.7 cm³/mol. The Balaban J connectivity index is 2.27. The zero-order valence-corrected chi connectivity index (χ0v) is 14.3. The summed E-state index contributed by atoms with van der Waals surface area (Å²) < 4.78 is 7.88. The lowest BCUT2D eigenvalue weighted by atomic mass is 9.94. The molecule has 1 saturated heterocycles. The maximum Gasteiger partial charge on any atom is 0.128 e. The first-order valence-electron chi connectivity index (χ1n) is 7.02. The first-order chi connectivity index (χ1) is 9.92. The number of hydrogen-bond acceptors (Lipinski definition) is 2. The lowest BCUT2D eigenvalue weighted by Crippen LogP contribution is -2.40. The van der Waals surface area contributed by atoms with Gasteiger partial charge in [0.25, 0.3) is 0 Å². The van der Waals surface area contributed by atoms with E-state index >= 15 is 0 Å². The summed E-state index contributed by atoms with van der Waals surface area (Å²) in [7, 11) is 0. The fraction of sp³-hybridized carbons (Fsp3) is 0.533. The molecule has 1 fully saturated rings. The molecule has 2 atom stereocenters. The summed E-state index contributed by atoms with van der Waals surface area (Å²) >= 11 is 18.7. The number of rotatable bonds is 2. The second-order valence-electron chi connectivity index (χ2n) is 5.83. The van der Waals surface area contributed by atoms with Crippen molar-refractivity contribution in [3.63, 3.8) is 0 Å². The number of ether oxygens (including phenoxy) is 1. The quantitative estimate of drug-likeness (QED) is 0.701. The minimum atomic E-state index is -0.200.